The van der Waals surface area contributed by atoms with Gasteiger partial charge in [0.25, 0.3) is 0 Å². The van der Waals surface area contributed by atoms with Crippen molar-refractivity contribution in [1.82, 2.24) is 0 Å². The number of rotatable bonds is 4. The lowest BCUT2D eigenvalue weighted by Crippen LogP contribution is -2.21. The van der Waals surface area contributed by atoms with Crippen molar-refractivity contribution >= 4 is 0 Å². The standard InChI is InChI=1S/C15H21F2NO/c1-10-8-12(14(17)9-13(10)16)15(18)6-5-11-4-2-3-7-19-11/h8-9,11,15H,2-7,18H2,1H3. The summed E-state index contributed by atoms with van der Waals surface area (Å²) in [6, 6.07) is 2.03. The van der Waals surface area contributed by atoms with E-state index >= 15 is 0 Å². The molecule has 106 valence electrons. The molecule has 0 saturated carbocycles. The van der Waals surface area contributed by atoms with Crippen LogP contribution in [0.25, 0.3) is 0 Å². The summed E-state index contributed by atoms with van der Waals surface area (Å²) in [6.07, 6.45) is 5.09. The topological polar surface area (TPSA) is 35.2 Å². The molecule has 4 heteroatoms. The van der Waals surface area contributed by atoms with Gasteiger partial charge in [-0.2, -0.15) is 0 Å². The third-order valence-corrected chi connectivity index (χ3v) is 3.75. The molecule has 0 radical (unpaired) electrons. The van der Waals surface area contributed by atoms with Crippen molar-refractivity contribution in [3.05, 3.63) is 34.9 Å². The Kier molecular flexibility index (Phi) is 4.88. The third-order valence-electron chi connectivity index (χ3n) is 3.75. The van der Waals surface area contributed by atoms with Crippen molar-refractivity contribution in [1.29, 1.82) is 0 Å². The van der Waals surface area contributed by atoms with Gasteiger partial charge < -0.3 is 10.5 Å². The lowest BCUT2D eigenvalue weighted by molar-refractivity contribution is 0.00907. The highest BCUT2D eigenvalue weighted by molar-refractivity contribution is 5.28. The molecule has 1 aromatic carbocycles. The smallest absolute Gasteiger partial charge is 0.130 e. The van der Waals surface area contributed by atoms with Gasteiger partial charge in [0.2, 0.25) is 0 Å². The molecular weight excluding hydrogens is 248 g/mol. The largest absolute Gasteiger partial charge is 0.378 e. The Hall–Kier alpha value is -1.00. The van der Waals surface area contributed by atoms with Gasteiger partial charge >= 0.3 is 0 Å². The summed E-state index contributed by atoms with van der Waals surface area (Å²) in [6.45, 7) is 2.43. The first kappa shape index (κ1) is 14.4. The Morgan fingerprint density at radius 1 is 1.32 bits per heavy atom. The van der Waals surface area contributed by atoms with Crippen LogP contribution in [0.15, 0.2) is 12.1 Å². The summed E-state index contributed by atoms with van der Waals surface area (Å²) in [5.41, 5.74) is 6.84. The van der Waals surface area contributed by atoms with E-state index in [1.54, 1.807) is 6.92 Å². The van der Waals surface area contributed by atoms with Crippen LogP contribution in [-0.4, -0.2) is 12.7 Å². The van der Waals surface area contributed by atoms with Crippen LogP contribution < -0.4 is 5.73 Å². The van der Waals surface area contributed by atoms with Crippen molar-refractivity contribution in [2.45, 2.75) is 51.2 Å². The third kappa shape index (κ3) is 3.74. The lowest BCUT2D eigenvalue weighted by atomic mass is 9.96. The second kappa shape index (κ2) is 6.44. The molecule has 2 unspecified atom stereocenters. The van der Waals surface area contributed by atoms with Gasteiger partial charge in [-0.1, -0.05) is 0 Å². The van der Waals surface area contributed by atoms with Gasteiger partial charge in [-0.15, -0.1) is 0 Å². The molecule has 1 saturated heterocycles. The first-order valence-corrected chi connectivity index (χ1v) is 6.90. The predicted molar refractivity (Wildman–Crippen MR) is 70.8 cm³/mol. The lowest BCUT2D eigenvalue weighted by Gasteiger charge is -2.24. The zero-order valence-corrected chi connectivity index (χ0v) is 11.3. The highest BCUT2D eigenvalue weighted by atomic mass is 19.1. The van der Waals surface area contributed by atoms with E-state index in [1.807, 2.05) is 0 Å². The van der Waals surface area contributed by atoms with Crippen molar-refractivity contribution in [3.8, 4) is 0 Å². The number of hydrogen-bond acceptors (Lipinski definition) is 2. The first-order chi connectivity index (χ1) is 9.08. The fraction of sp³-hybridized carbons (Fsp3) is 0.600. The van der Waals surface area contributed by atoms with Crippen LogP contribution in [0.5, 0.6) is 0 Å². The number of ether oxygens (including phenoxy) is 1. The van der Waals surface area contributed by atoms with Crippen LogP contribution in [0.4, 0.5) is 8.78 Å². The number of nitrogens with two attached hydrogens (primary N) is 1. The van der Waals surface area contributed by atoms with Gasteiger partial charge in [-0.25, -0.2) is 8.78 Å². The van der Waals surface area contributed by atoms with Gasteiger partial charge in [0, 0.05) is 24.3 Å². The second-order valence-corrected chi connectivity index (χ2v) is 5.30. The molecule has 2 N–H and O–H groups in total. The number of aryl methyl sites for hydroxylation is 1. The first-order valence-electron chi connectivity index (χ1n) is 6.90. The van der Waals surface area contributed by atoms with Crippen LogP contribution in [-0.2, 0) is 4.74 Å². The Morgan fingerprint density at radius 2 is 2.11 bits per heavy atom. The van der Waals surface area contributed by atoms with Gasteiger partial charge in [0.05, 0.1) is 6.10 Å². The van der Waals surface area contributed by atoms with E-state index in [4.69, 9.17) is 10.5 Å². The Labute approximate surface area is 112 Å². The van der Waals surface area contributed by atoms with Crippen LogP contribution in [0.2, 0.25) is 0 Å². The summed E-state index contributed by atoms with van der Waals surface area (Å²) in [5.74, 6) is -1.08. The van der Waals surface area contributed by atoms with Crippen molar-refractivity contribution < 1.29 is 13.5 Å². The molecule has 0 aromatic heterocycles. The highest BCUT2D eigenvalue weighted by Crippen LogP contribution is 2.25. The fourth-order valence-corrected chi connectivity index (χ4v) is 2.52. The molecule has 1 aromatic rings. The SMILES string of the molecule is Cc1cc(C(N)CCC2CCCCO2)c(F)cc1F. The molecule has 19 heavy (non-hydrogen) atoms. The number of benzene rings is 1. The van der Waals surface area contributed by atoms with Crippen LogP contribution in [0, 0.1) is 18.6 Å². The molecule has 1 fully saturated rings. The van der Waals surface area contributed by atoms with Gasteiger partial charge in [0.15, 0.2) is 0 Å². The predicted octanol–water partition coefficient (Wildman–Crippen LogP) is 3.62. The van der Waals surface area contributed by atoms with E-state index in [2.05, 4.69) is 0 Å². The van der Waals surface area contributed by atoms with Crippen molar-refractivity contribution in [2.24, 2.45) is 5.73 Å². The Morgan fingerprint density at radius 3 is 2.79 bits per heavy atom. The molecule has 0 aliphatic carbocycles. The zero-order chi connectivity index (χ0) is 13.8. The van der Waals surface area contributed by atoms with Crippen LogP contribution >= 0.6 is 0 Å². The average Bonchev–Trinajstić information content (AvgIpc) is 2.41. The molecule has 0 spiro atoms. The molecule has 1 aliphatic rings. The normalized spacial score (nSPS) is 21.4. The average molecular weight is 269 g/mol. The molecule has 0 bridgehead atoms. The Balaban J connectivity index is 1.95. The molecule has 2 nitrogen and oxygen atoms in total. The summed E-state index contributed by atoms with van der Waals surface area (Å²) >= 11 is 0. The van der Waals surface area contributed by atoms with E-state index in [9.17, 15) is 8.78 Å². The quantitative estimate of drug-likeness (QED) is 0.906. The minimum absolute atomic E-state index is 0.240. The second-order valence-electron chi connectivity index (χ2n) is 5.30. The van der Waals surface area contributed by atoms with Crippen LogP contribution in [0.3, 0.4) is 0 Å². The van der Waals surface area contributed by atoms with Crippen molar-refractivity contribution in [2.75, 3.05) is 6.61 Å². The molecule has 0 amide bonds. The maximum Gasteiger partial charge on any atom is 0.130 e. The maximum atomic E-state index is 13.7. The van der Waals surface area contributed by atoms with Gasteiger partial charge in [-0.3, -0.25) is 0 Å². The molecule has 2 rings (SSSR count). The van der Waals surface area contributed by atoms with E-state index in [-0.39, 0.29) is 6.10 Å². The van der Waals surface area contributed by atoms with Crippen molar-refractivity contribution in [3.63, 3.8) is 0 Å². The number of hydrogen-bond donors (Lipinski definition) is 1. The monoisotopic (exact) mass is 269 g/mol. The van der Waals surface area contributed by atoms with E-state index in [0.29, 0.717) is 17.5 Å². The molecule has 1 aliphatic heterocycles. The van der Waals surface area contributed by atoms with Gasteiger partial charge in [-0.05, 0) is 50.7 Å². The molecule has 2 atom stereocenters. The van der Waals surface area contributed by atoms with E-state index in [1.165, 1.54) is 12.5 Å². The Bertz CT molecular complexity index is 430. The zero-order valence-electron chi connectivity index (χ0n) is 11.3. The minimum Gasteiger partial charge on any atom is -0.378 e. The summed E-state index contributed by atoms with van der Waals surface area (Å²) in [7, 11) is 0. The maximum absolute atomic E-state index is 13.7. The van der Waals surface area contributed by atoms with Gasteiger partial charge in [0.1, 0.15) is 11.6 Å². The summed E-state index contributed by atoms with van der Waals surface area (Å²) < 4.78 is 32.5. The number of halogens is 2. The summed E-state index contributed by atoms with van der Waals surface area (Å²) in [5, 5.41) is 0. The summed E-state index contributed by atoms with van der Waals surface area (Å²) in [4.78, 5) is 0. The van der Waals surface area contributed by atoms with E-state index in [0.717, 1.165) is 31.9 Å². The fourth-order valence-electron chi connectivity index (χ4n) is 2.52. The van der Waals surface area contributed by atoms with Crippen LogP contribution in [0.1, 0.15) is 49.3 Å². The minimum atomic E-state index is -0.555. The molecule has 1 heterocycles. The molecular formula is C15H21F2NO. The highest BCUT2D eigenvalue weighted by Gasteiger charge is 2.18. The van der Waals surface area contributed by atoms with E-state index < -0.39 is 17.7 Å².